The number of amides is 1. The lowest BCUT2D eigenvalue weighted by Gasteiger charge is -2.22. The summed E-state index contributed by atoms with van der Waals surface area (Å²) in [6, 6.07) is 6.59. The molecular formula is C15H20N2O. The molecule has 1 aliphatic carbocycles. The van der Waals surface area contributed by atoms with Crippen LogP contribution in [0.2, 0.25) is 0 Å². The van der Waals surface area contributed by atoms with E-state index in [0.717, 1.165) is 31.5 Å². The molecule has 3 nitrogen and oxygen atoms in total. The summed E-state index contributed by atoms with van der Waals surface area (Å²) in [6.07, 6.45) is 4.43. The highest BCUT2D eigenvalue weighted by atomic mass is 16.2. The van der Waals surface area contributed by atoms with E-state index in [1.54, 1.807) is 0 Å². The first-order chi connectivity index (χ1) is 8.79. The quantitative estimate of drug-likeness (QED) is 0.883. The summed E-state index contributed by atoms with van der Waals surface area (Å²) in [5, 5.41) is 3.33. The molecule has 1 amide bonds. The Morgan fingerprint density at radius 1 is 1.44 bits per heavy atom. The number of anilines is 1. The van der Waals surface area contributed by atoms with Gasteiger partial charge in [-0.3, -0.25) is 4.79 Å². The third-order valence-electron chi connectivity index (χ3n) is 3.78. The van der Waals surface area contributed by atoms with Crippen LogP contribution in [0.25, 0.3) is 0 Å². The molecule has 0 atom stereocenters. The summed E-state index contributed by atoms with van der Waals surface area (Å²) in [5.74, 6) is 0.217. The number of carbonyl (C=O) groups excluding carboxylic acids is 1. The van der Waals surface area contributed by atoms with Crippen LogP contribution in [0.5, 0.6) is 0 Å². The molecule has 0 unspecified atom stereocenters. The fraction of sp³-hybridized carbons (Fsp3) is 0.533. The molecule has 0 saturated heterocycles. The van der Waals surface area contributed by atoms with Crippen LogP contribution < -0.4 is 5.32 Å². The third kappa shape index (κ3) is 2.09. The monoisotopic (exact) mass is 244 g/mol. The molecular weight excluding hydrogens is 224 g/mol. The predicted octanol–water partition coefficient (Wildman–Crippen LogP) is 2.67. The number of nitrogens with zero attached hydrogens (tertiary/aromatic N) is 1. The Morgan fingerprint density at radius 3 is 3.00 bits per heavy atom. The van der Waals surface area contributed by atoms with Crippen molar-refractivity contribution in [3.8, 4) is 0 Å². The second kappa shape index (κ2) is 4.63. The molecule has 3 rings (SSSR count). The average molecular weight is 244 g/mol. The number of nitrogens with one attached hydrogen (secondary N) is 1. The smallest absolute Gasteiger partial charge is 0.254 e. The van der Waals surface area contributed by atoms with Crippen molar-refractivity contribution in [3.63, 3.8) is 0 Å². The van der Waals surface area contributed by atoms with Gasteiger partial charge in [-0.05, 0) is 49.4 Å². The van der Waals surface area contributed by atoms with Gasteiger partial charge in [0.1, 0.15) is 0 Å². The van der Waals surface area contributed by atoms with E-state index < -0.39 is 0 Å². The minimum absolute atomic E-state index is 0.217. The maximum absolute atomic E-state index is 12.5. The first-order valence-corrected chi connectivity index (χ1v) is 6.97. The predicted molar refractivity (Wildman–Crippen MR) is 73.0 cm³/mol. The molecule has 0 spiro atoms. The molecule has 1 N–H and O–H groups in total. The van der Waals surface area contributed by atoms with Crippen molar-refractivity contribution in [3.05, 3.63) is 29.3 Å². The molecule has 96 valence electrons. The van der Waals surface area contributed by atoms with E-state index in [1.165, 1.54) is 24.1 Å². The van der Waals surface area contributed by atoms with E-state index >= 15 is 0 Å². The SMILES string of the molecule is CCCN(C(=O)c1ccc2c(c1)CCN2)C1CC1. The van der Waals surface area contributed by atoms with Crippen molar-refractivity contribution < 1.29 is 4.79 Å². The topological polar surface area (TPSA) is 32.3 Å². The van der Waals surface area contributed by atoms with Crippen molar-refractivity contribution in [1.29, 1.82) is 0 Å². The van der Waals surface area contributed by atoms with Crippen LogP contribution in [0.4, 0.5) is 5.69 Å². The first-order valence-electron chi connectivity index (χ1n) is 6.97. The van der Waals surface area contributed by atoms with Crippen molar-refractivity contribution in [2.75, 3.05) is 18.4 Å². The molecule has 1 aromatic carbocycles. The van der Waals surface area contributed by atoms with E-state index in [-0.39, 0.29) is 5.91 Å². The number of fused-ring (bicyclic) bond motifs is 1. The Labute approximate surface area is 108 Å². The second-order valence-electron chi connectivity index (χ2n) is 5.28. The largest absolute Gasteiger partial charge is 0.384 e. The van der Waals surface area contributed by atoms with Gasteiger partial charge >= 0.3 is 0 Å². The Kier molecular flexibility index (Phi) is 2.98. The van der Waals surface area contributed by atoms with Gasteiger partial charge in [-0.1, -0.05) is 6.92 Å². The van der Waals surface area contributed by atoms with Crippen LogP contribution in [0.1, 0.15) is 42.1 Å². The molecule has 1 heterocycles. The van der Waals surface area contributed by atoms with E-state index in [9.17, 15) is 4.79 Å². The Balaban J connectivity index is 1.82. The van der Waals surface area contributed by atoms with Crippen LogP contribution >= 0.6 is 0 Å². The number of rotatable bonds is 4. The van der Waals surface area contributed by atoms with Gasteiger partial charge in [-0.2, -0.15) is 0 Å². The molecule has 0 aromatic heterocycles. The first kappa shape index (κ1) is 11.6. The maximum Gasteiger partial charge on any atom is 0.254 e. The van der Waals surface area contributed by atoms with E-state index in [0.29, 0.717) is 6.04 Å². The van der Waals surface area contributed by atoms with Crippen LogP contribution in [-0.4, -0.2) is 29.9 Å². The molecule has 0 bridgehead atoms. The lowest BCUT2D eigenvalue weighted by atomic mass is 10.1. The molecule has 0 radical (unpaired) electrons. The van der Waals surface area contributed by atoms with Crippen LogP contribution in [0.3, 0.4) is 0 Å². The summed E-state index contributed by atoms with van der Waals surface area (Å²) in [6.45, 7) is 4.02. The second-order valence-corrected chi connectivity index (χ2v) is 5.28. The van der Waals surface area contributed by atoms with E-state index in [4.69, 9.17) is 0 Å². The van der Waals surface area contributed by atoms with Crippen LogP contribution in [-0.2, 0) is 6.42 Å². The zero-order chi connectivity index (χ0) is 12.5. The van der Waals surface area contributed by atoms with Gasteiger partial charge in [0.05, 0.1) is 0 Å². The van der Waals surface area contributed by atoms with Gasteiger partial charge in [-0.25, -0.2) is 0 Å². The van der Waals surface area contributed by atoms with Gasteiger partial charge in [0.15, 0.2) is 0 Å². The minimum atomic E-state index is 0.217. The van der Waals surface area contributed by atoms with Gasteiger partial charge in [-0.15, -0.1) is 0 Å². The molecule has 18 heavy (non-hydrogen) atoms. The summed E-state index contributed by atoms with van der Waals surface area (Å²) < 4.78 is 0. The lowest BCUT2D eigenvalue weighted by molar-refractivity contribution is 0.0743. The number of hydrogen-bond acceptors (Lipinski definition) is 2. The highest BCUT2D eigenvalue weighted by Gasteiger charge is 2.32. The zero-order valence-corrected chi connectivity index (χ0v) is 10.9. The highest BCUT2D eigenvalue weighted by Crippen LogP contribution is 2.30. The number of benzene rings is 1. The maximum atomic E-state index is 12.5. The average Bonchev–Trinajstić information content (AvgIpc) is 3.12. The fourth-order valence-electron chi connectivity index (χ4n) is 2.68. The number of carbonyl (C=O) groups is 1. The molecule has 1 saturated carbocycles. The third-order valence-corrected chi connectivity index (χ3v) is 3.78. The zero-order valence-electron chi connectivity index (χ0n) is 10.9. The minimum Gasteiger partial charge on any atom is -0.384 e. The molecule has 1 fully saturated rings. The van der Waals surface area contributed by atoms with Crippen molar-refractivity contribution in [2.24, 2.45) is 0 Å². The standard InChI is InChI=1S/C15H20N2O/c1-2-9-17(13-4-5-13)15(18)12-3-6-14-11(10-12)7-8-16-14/h3,6,10,13,16H,2,4-5,7-9H2,1H3. The summed E-state index contributed by atoms with van der Waals surface area (Å²) in [5.41, 5.74) is 3.34. The van der Waals surface area contributed by atoms with Crippen molar-refractivity contribution >= 4 is 11.6 Å². The lowest BCUT2D eigenvalue weighted by Crippen LogP contribution is -2.33. The molecule has 3 heteroatoms. The molecule has 1 aromatic rings. The molecule has 1 aliphatic heterocycles. The normalized spacial score (nSPS) is 17.2. The van der Waals surface area contributed by atoms with Gasteiger partial charge in [0.2, 0.25) is 0 Å². The fourth-order valence-corrected chi connectivity index (χ4v) is 2.68. The number of hydrogen-bond donors (Lipinski definition) is 1. The van der Waals surface area contributed by atoms with Crippen LogP contribution in [0, 0.1) is 0 Å². The van der Waals surface area contributed by atoms with Crippen LogP contribution in [0.15, 0.2) is 18.2 Å². The Bertz CT molecular complexity index is 466. The van der Waals surface area contributed by atoms with Gasteiger partial charge < -0.3 is 10.2 Å². The summed E-state index contributed by atoms with van der Waals surface area (Å²) >= 11 is 0. The van der Waals surface area contributed by atoms with Crippen molar-refractivity contribution in [2.45, 2.75) is 38.6 Å². The van der Waals surface area contributed by atoms with Gasteiger partial charge in [0.25, 0.3) is 5.91 Å². The van der Waals surface area contributed by atoms with E-state index in [1.807, 2.05) is 12.1 Å². The van der Waals surface area contributed by atoms with Crippen molar-refractivity contribution in [1.82, 2.24) is 4.90 Å². The van der Waals surface area contributed by atoms with Gasteiger partial charge in [0, 0.05) is 30.4 Å². The van der Waals surface area contributed by atoms with E-state index in [2.05, 4.69) is 23.2 Å². The Morgan fingerprint density at radius 2 is 2.28 bits per heavy atom. The molecule has 2 aliphatic rings. The summed E-state index contributed by atoms with van der Waals surface area (Å²) in [4.78, 5) is 14.6. The summed E-state index contributed by atoms with van der Waals surface area (Å²) in [7, 11) is 0. The Hall–Kier alpha value is -1.51. The highest BCUT2D eigenvalue weighted by molar-refractivity contribution is 5.95.